The Morgan fingerprint density at radius 3 is 3.00 bits per heavy atom. The molecule has 1 spiro atoms. The van der Waals surface area contributed by atoms with Gasteiger partial charge < -0.3 is 15.5 Å². The summed E-state index contributed by atoms with van der Waals surface area (Å²) in [4.78, 5) is 14.4. The Kier molecular flexibility index (Phi) is 6.09. The molecule has 2 aliphatic heterocycles. The normalized spacial score (nSPS) is 24.4. The Bertz CT molecular complexity index is 518. The number of anilines is 1. The lowest BCUT2D eigenvalue weighted by atomic mass is 9.87. The van der Waals surface area contributed by atoms with Crippen molar-refractivity contribution < 1.29 is 4.79 Å². The van der Waals surface area contributed by atoms with Gasteiger partial charge in [0.25, 0.3) is 0 Å². The summed E-state index contributed by atoms with van der Waals surface area (Å²) in [6.45, 7) is 5.37. The fourth-order valence-electron chi connectivity index (χ4n) is 3.41. The number of benzene rings is 1. The van der Waals surface area contributed by atoms with Crippen LogP contribution in [0.25, 0.3) is 0 Å². The van der Waals surface area contributed by atoms with Crippen molar-refractivity contribution in [3.05, 3.63) is 29.3 Å². The van der Waals surface area contributed by atoms with Crippen LogP contribution in [-0.2, 0) is 4.79 Å². The molecular formula is C16H23Cl2N3O. The van der Waals surface area contributed by atoms with Crippen molar-refractivity contribution in [2.75, 3.05) is 38.0 Å². The Morgan fingerprint density at radius 1 is 1.41 bits per heavy atom. The Labute approximate surface area is 143 Å². The third-order valence-corrected chi connectivity index (χ3v) is 4.85. The molecule has 1 amide bonds. The molecule has 0 bridgehead atoms. The van der Waals surface area contributed by atoms with E-state index in [0.717, 1.165) is 38.4 Å². The minimum Gasteiger partial charge on any atom is -0.326 e. The Balaban J connectivity index is 0.00000176. The van der Waals surface area contributed by atoms with Crippen molar-refractivity contribution in [2.24, 2.45) is 5.41 Å². The second kappa shape index (κ2) is 7.64. The first-order valence-corrected chi connectivity index (χ1v) is 8.02. The van der Waals surface area contributed by atoms with Crippen LogP contribution in [0.1, 0.15) is 19.3 Å². The van der Waals surface area contributed by atoms with Gasteiger partial charge in [-0.1, -0.05) is 17.7 Å². The molecule has 22 heavy (non-hydrogen) atoms. The maximum Gasteiger partial charge on any atom is 0.225 e. The highest BCUT2D eigenvalue weighted by molar-refractivity contribution is 6.30. The smallest absolute Gasteiger partial charge is 0.225 e. The van der Waals surface area contributed by atoms with E-state index in [-0.39, 0.29) is 18.3 Å². The summed E-state index contributed by atoms with van der Waals surface area (Å²) in [5.74, 6) is 0.0581. The largest absolute Gasteiger partial charge is 0.326 e. The fraction of sp³-hybridized carbons (Fsp3) is 0.562. The first kappa shape index (κ1) is 17.5. The van der Waals surface area contributed by atoms with Crippen LogP contribution in [0, 0.1) is 5.41 Å². The zero-order valence-electron chi connectivity index (χ0n) is 12.6. The van der Waals surface area contributed by atoms with Crippen LogP contribution < -0.4 is 10.6 Å². The first-order valence-electron chi connectivity index (χ1n) is 7.64. The van der Waals surface area contributed by atoms with Crippen molar-refractivity contribution in [3.8, 4) is 0 Å². The third kappa shape index (κ3) is 4.35. The van der Waals surface area contributed by atoms with Crippen molar-refractivity contribution in [3.63, 3.8) is 0 Å². The van der Waals surface area contributed by atoms with Crippen LogP contribution in [0.3, 0.4) is 0 Å². The van der Waals surface area contributed by atoms with E-state index in [0.29, 0.717) is 16.9 Å². The number of nitrogens with zero attached hydrogens (tertiary/aromatic N) is 1. The highest BCUT2D eigenvalue weighted by atomic mass is 35.5. The maximum absolute atomic E-state index is 12.0. The zero-order chi connectivity index (χ0) is 14.7. The van der Waals surface area contributed by atoms with Gasteiger partial charge in [0.2, 0.25) is 5.91 Å². The zero-order valence-corrected chi connectivity index (χ0v) is 14.2. The fourth-order valence-corrected chi connectivity index (χ4v) is 3.60. The molecule has 2 saturated heterocycles. The van der Waals surface area contributed by atoms with Gasteiger partial charge in [-0.2, -0.15) is 0 Å². The summed E-state index contributed by atoms with van der Waals surface area (Å²) in [6.07, 6.45) is 3.07. The lowest BCUT2D eigenvalue weighted by molar-refractivity contribution is -0.116. The summed E-state index contributed by atoms with van der Waals surface area (Å²) >= 11 is 5.91. The molecule has 0 saturated carbocycles. The molecule has 122 valence electrons. The lowest BCUT2D eigenvalue weighted by Crippen LogP contribution is -2.31. The second-order valence-electron chi connectivity index (χ2n) is 6.26. The van der Waals surface area contributed by atoms with E-state index < -0.39 is 0 Å². The Hall–Kier alpha value is -0.810. The Morgan fingerprint density at radius 2 is 2.27 bits per heavy atom. The number of rotatable bonds is 4. The third-order valence-electron chi connectivity index (χ3n) is 4.61. The standard InChI is InChI=1S/C16H22ClN3O.ClH/c17-13-2-1-3-14(10-13)19-15(21)4-8-20-9-6-16(12-20)5-7-18-11-16;/h1-3,10,18H,4-9,11-12H2,(H,19,21);1H. The van der Waals surface area contributed by atoms with Crippen LogP contribution in [0.5, 0.6) is 0 Å². The molecule has 1 atom stereocenters. The quantitative estimate of drug-likeness (QED) is 0.883. The average molecular weight is 344 g/mol. The highest BCUT2D eigenvalue weighted by Gasteiger charge is 2.39. The number of carbonyl (C=O) groups excluding carboxylic acids is 1. The molecule has 0 aliphatic carbocycles. The van der Waals surface area contributed by atoms with Gasteiger partial charge in [0.05, 0.1) is 0 Å². The molecular weight excluding hydrogens is 321 g/mol. The minimum absolute atomic E-state index is 0. The van der Waals surface area contributed by atoms with Gasteiger partial charge in [-0.3, -0.25) is 4.79 Å². The molecule has 1 aromatic carbocycles. The van der Waals surface area contributed by atoms with Crippen molar-refractivity contribution in [2.45, 2.75) is 19.3 Å². The number of amides is 1. The van der Waals surface area contributed by atoms with Gasteiger partial charge in [-0.05, 0) is 49.5 Å². The van der Waals surface area contributed by atoms with Crippen LogP contribution >= 0.6 is 24.0 Å². The minimum atomic E-state index is 0. The summed E-state index contributed by atoms with van der Waals surface area (Å²) in [6, 6.07) is 7.28. The van der Waals surface area contributed by atoms with Gasteiger partial charge in [0, 0.05) is 36.8 Å². The van der Waals surface area contributed by atoms with Crippen molar-refractivity contribution in [1.82, 2.24) is 10.2 Å². The van der Waals surface area contributed by atoms with Gasteiger partial charge in [-0.25, -0.2) is 0 Å². The number of halogens is 2. The van der Waals surface area contributed by atoms with E-state index in [1.807, 2.05) is 12.1 Å². The molecule has 1 unspecified atom stereocenters. The summed E-state index contributed by atoms with van der Waals surface area (Å²) in [7, 11) is 0. The predicted octanol–water partition coefficient (Wildman–Crippen LogP) is 2.78. The van der Waals surface area contributed by atoms with E-state index in [4.69, 9.17) is 11.6 Å². The summed E-state index contributed by atoms with van der Waals surface area (Å²) in [5.41, 5.74) is 1.24. The van der Waals surface area contributed by atoms with Crippen LogP contribution in [0.2, 0.25) is 5.02 Å². The lowest BCUT2D eigenvalue weighted by Gasteiger charge is -2.22. The van der Waals surface area contributed by atoms with Gasteiger partial charge >= 0.3 is 0 Å². The van der Waals surface area contributed by atoms with Crippen molar-refractivity contribution >= 4 is 35.6 Å². The highest BCUT2D eigenvalue weighted by Crippen LogP contribution is 2.35. The second-order valence-corrected chi connectivity index (χ2v) is 6.70. The van der Waals surface area contributed by atoms with E-state index in [2.05, 4.69) is 15.5 Å². The molecule has 3 rings (SSSR count). The SMILES string of the molecule is Cl.O=C(CCN1CCC2(CCNC2)C1)Nc1cccc(Cl)c1. The first-order chi connectivity index (χ1) is 10.2. The van der Waals surface area contributed by atoms with Gasteiger partial charge in [0.15, 0.2) is 0 Å². The molecule has 0 aromatic heterocycles. The van der Waals surface area contributed by atoms with Crippen LogP contribution in [0.4, 0.5) is 5.69 Å². The number of hydrogen-bond acceptors (Lipinski definition) is 3. The summed E-state index contributed by atoms with van der Waals surface area (Å²) < 4.78 is 0. The number of hydrogen-bond donors (Lipinski definition) is 2. The van der Waals surface area contributed by atoms with E-state index in [1.54, 1.807) is 12.1 Å². The molecule has 4 nitrogen and oxygen atoms in total. The van der Waals surface area contributed by atoms with Crippen LogP contribution in [-0.4, -0.2) is 43.5 Å². The molecule has 2 fully saturated rings. The monoisotopic (exact) mass is 343 g/mol. The predicted molar refractivity (Wildman–Crippen MR) is 92.9 cm³/mol. The number of carbonyl (C=O) groups is 1. The topological polar surface area (TPSA) is 44.4 Å². The number of nitrogens with one attached hydrogen (secondary N) is 2. The van der Waals surface area contributed by atoms with E-state index >= 15 is 0 Å². The molecule has 2 heterocycles. The van der Waals surface area contributed by atoms with Gasteiger partial charge in [0.1, 0.15) is 0 Å². The van der Waals surface area contributed by atoms with Gasteiger partial charge in [-0.15, -0.1) is 12.4 Å². The number of likely N-dealkylation sites (tertiary alicyclic amines) is 1. The van der Waals surface area contributed by atoms with Crippen molar-refractivity contribution in [1.29, 1.82) is 0 Å². The molecule has 6 heteroatoms. The molecule has 0 radical (unpaired) electrons. The summed E-state index contributed by atoms with van der Waals surface area (Å²) in [5, 5.41) is 7.01. The average Bonchev–Trinajstić information content (AvgIpc) is 3.07. The van der Waals surface area contributed by atoms with E-state index in [1.165, 1.54) is 12.8 Å². The maximum atomic E-state index is 12.0. The molecule has 2 N–H and O–H groups in total. The molecule has 2 aliphatic rings. The molecule has 1 aromatic rings. The van der Waals surface area contributed by atoms with E-state index in [9.17, 15) is 4.79 Å². The van der Waals surface area contributed by atoms with Crippen LogP contribution in [0.15, 0.2) is 24.3 Å².